The van der Waals surface area contributed by atoms with Crippen molar-refractivity contribution < 1.29 is 27.2 Å². The molecular weight excluding hydrogens is 332 g/mol. The van der Waals surface area contributed by atoms with Gasteiger partial charge in [-0.05, 0) is 63.5 Å². The lowest BCUT2D eigenvalue weighted by molar-refractivity contribution is -0.139. The van der Waals surface area contributed by atoms with E-state index in [-0.39, 0.29) is 5.75 Å². The summed E-state index contributed by atoms with van der Waals surface area (Å²) >= 11 is 0. The maximum absolute atomic E-state index is 13.3. The summed E-state index contributed by atoms with van der Waals surface area (Å²) in [5.41, 5.74) is -1.33. The number of benzene rings is 1. The smallest absolute Gasteiger partial charge is 0.493 e. The molecule has 0 N–H and O–H groups in total. The maximum Gasteiger partial charge on any atom is 0.494 e. The summed E-state index contributed by atoms with van der Waals surface area (Å²) in [5, 5.41) is 0. The normalized spacial score (nSPS) is 27.4. The molecule has 138 valence electrons. The summed E-state index contributed by atoms with van der Waals surface area (Å²) in [7, 11) is -0.713. The molecule has 1 aromatic carbocycles. The number of ether oxygens (including phenoxy) is 1. The third-order valence-electron chi connectivity index (χ3n) is 5.57. The first kappa shape index (κ1) is 18.6. The summed E-state index contributed by atoms with van der Waals surface area (Å²) in [6.45, 7) is 9.99. The summed E-state index contributed by atoms with van der Waals surface area (Å²) < 4.78 is 57.2. The molecule has 0 bridgehead atoms. The molecular formula is C18H24BF3O3. The van der Waals surface area contributed by atoms with Crippen molar-refractivity contribution in [2.75, 3.05) is 6.61 Å². The molecule has 2 atom stereocenters. The van der Waals surface area contributed by atoms with Gasteiger partial charge in [-0.1, -0.05) is 13.0 Å². The second-order valence-electron chi connectivity index (χ2n) is 8.13. The Bertz CT molecular complexity index is 641. The minimum Gasteiger partial charge on any atom is -0.493 e. The van der Waals surface area contributed by atoms with Crippen LogP contribution in [0.5, 0.6) is 5.75 Å². The second-order valence-corrected chi connectivity index (χ2v) is 8.13. The van der Waals surface area contributed by atoms with Gasteiger partial charge in [0, 0.05) is 0 Å². The SMILES string of the molecule is C[C@H]1CC1COc1cc(B2OC(C)(C)C(C)(C)O2)ccc1C(F)(F)F. The zero-order valence-corrected chi connectivity index (χ0v) is 15.2. The van der Waals surface area contributed by atoms with Crippen LogP contribution >= 0.6 is 0 Å². The Morgan fingerprint density at radius 3 is 2.20 bits per heavy atom. The van der Waals surface area contributed by atoms with Gasteiger partial charge in [0.15, 0.2) is 0 Å². The summed E-state index contributed by atoms with van der Waals surface area (Å²) in [6, 6.07) is 3.85. The zero-order valence-electron chi connectivity index (χ0n) is 15.2. The average molecular weight is 356 g/mol. The van der Waals surface area contributed by atoms with E-state index in [1.807, 2.05) is 27.7 Å². The monoisotopic (exact) mass is 356 g/mol. The fourth-order valence-corrected chi connectivity index (χ4v) is 2.85. The van der Waals surface area contributed by atoms with Crippen LogP contribution in [-0.4, -0.2) is 24.9 Å². The van der Waals surface area contributed by atoms with Gasteiger partial charge in [0.05, 0.1) is 23.4 Å². The molecule has 25 heavy (non-hydrogen) atoms. The van der Waals surface area contributed by atoms with Gasteiger partial charge in [-0.3, -0.25) is 0 Å². The third kappa shape index (κ3) is 3.67. The van der Waals surface area contributed by atoms with Crippen LogP contribution in [0.3, 0.4) is 0 Å². The highest BCUT2D eigenvalue weighted by molar-refractivity contribution is 6.62. The molecule has 1 aliphatic heterocycles. The van der Waals surface area contributed by atoms with Crippen LogP contribution in [0, 0.1) is 11.8 Å². The van der Waals surface area contributed by atoms with Crippen molar-refractivity contribution in [3.8, 4) is 5.75 Å². The Kier molecular flexibility index (Phi) is 4.39. The highest BCUT2D eigenvalue weighted by atomic mass is 19.4. The van der Waals surface area contributed by atoms with Gasteiger partial charge in [0.1, 0.15) is 5.75 Å². The van der Waals surface area contributed by atoms with Crippen LogP contribution in [0.1, 0.15) is 46.6 Å². The van der Waals surface area contributed by atoms with E-state index in [2.05, 4.69) is 6.92 Å². The predicted octanol–water partition coefficient (Wildman–Crippen LogP) is 4.04. The van der Waals surface area contributed by atoms with Crippen molar-refractivity contribution in [1.82, 2.24) is 0 Å². The van der Waals surface area contributed by atoms with Crippen molar-refractivity contribution in [3.05, 3.63) is 23.8 Å². The van der Waals surface area contributed by atoms with Crippen molar-refractivity contribution in [2.24, 2.45) is 11.8 Å². The average Bonchev–Trinajstić information content (AvgIpc) is 3.12. The molecule has 1 unspecified atom stereocenters. The number of alkyl halides is 3. The lowest BCUT2D eigenvalue weighted by Gasteiger charge is -2.32. The lowest BCUT2D eigenvalue weighted by atomic mass is 9.78. The van der Waals surface area contributed by atoms with Crippen molar-refractivity contribution in [2.45, 2.75) is 58.4 Å². The molecule has 2 aliphatic rings. The Labute approximate surface area is 147 Å². The first-order valence-corrected chi connectivity index (χ1v) is 8.60. The molecule has 0 amide bonds. The molecule has 1 aliphatic carbocycles. The molecule has 0 aromatic heterocycles. The zero-order chi connectivity index (χ0) is 18.6. The van der Waals surface area contributed by atoms with Crippen molar-refractivity contribution >= 4 is 12.6 Å². The largest absolute Gasteiger partial charge is 0.494 e. The van der Waals surface area contributed by atoms with Crippen LogP contribution in [0.25, 0.3) is 0 Å². The van der Waals surface area contributed by atoms with Crippen molar-refractivity contribution in [3.63, 3.8) is 0 Å². The van der Waals surface area contributed by atoms with E-state index in [4.69, 9.17) is 14.0 Å². The number of hydrogen-bond donors (Lipinski definition) is 0. The Hall–Kier alpha value is -1.21. The Morgan fingerprint density at radius 1 is 1.16 bits per heavy atom. The van der Waals surface area contributed by atoms with Crippen LogP contribution < -0.4 is 10.2 Å². The summed E-state index contributed by atoms with van der Waals surface area (Å²) in [5.74, 6) is 0.695. The van der Waals surface area contributed by atoms with Gasteiger partial charge in [-0.15, -0.1) is 0 Å². The highest BCUT2D eigenvalue weighted by Crippen LogP contribution is 2.41. The molecule has 3 nitrogen and oxygen atoms in total. The lowest BCUT2D eigenvalue weighted by Crippen LogP contribution is -2.41. The van der Waals surface area contributed by atoms with Gasteiger partial charge in [-0.2, -0.15) is 13.2 Å². The van der Waals surface area contributed by atoms with Gasteiger partial charge in [0.25, 0.3) is 0 Å². The first-order chi connectivity index (χ1) is 11.4. The predicted molar refractivity (Wildman–Crippen MR) is 89.9 cm³/mol. The highest BCUT2D eigenvalue weighted by Gasteiger charge is 2.52. The summed E-state index contributed by atoms with van der Waals surface area (Å²) in [6.07, 6.45) is -3.46. The first-order valence-electron chi connectivity index (χ1n) is 8.60. The molecule has 3 rings (SSSR count). The second kappa shape index (κ2) is 5.91. The molecule has 1 saturated heterocycles. The van der Waals surface area contributed by atoms with Crippen LogP contribution in [0.2, 0.25) is 0 Å². The number of halogens is 3. The Morgan fingerprint density at radius 2 is 1.72 bits per heavy atom. The van der Waals surface area contributed by atoms with E-state index in [1.165, 1.54) is 12.1 Å². The van der Waals surface area contributed by atoms with Gasteiger partial charge >= 0.3 is 13.3 Å². The standard InChI is InChI=1S/C18H24BF3O3/c1-11-8-12(11)10-23-15-9-13(6-7-14(15)18(20,21)22)19-24-16(2,3)17(4,5)25-19/h6-7,9,11-12H,8,10H2,1-5H3/t11-,12?/m0/s1. The van der Waals surface area contributed by atoms with Crippen LogP contribution in [-0.2, 0) is 15.5 Å². The fourth-order valence-electron chi connectivity index (χ4n) is 2.85. The molecule has 0 radical (unpaired) electrons. The molecule has 1 heterocycles. The summed E-state index contributed by atoms with van der Waals surface area (Å²) in [4.78, 5) is 0. The molecule has 1 aromatic rings. The number of hydrogen-bond acceptors (Lipinski definition) is 3. The topological polar surface area (TPSA) is 27.7 Å². The molecule has 0 spiro atoms. The van der Waals surface area contributed by atoms with E-state index in [0.29, 0.717) is 23.9 Å². The number of rotatable bonds is 4. The quantitative estimate of drug-likeness (QED) is 0.763. The minimum atomic E-state index is -4.46. The van der Waals surface area contributed by atoms with Gasteiger partial charge < -0.3 is 14.0 Å². The fraction of sp³-hybridized carbons (Fsp3) is 0.667. The van der Waals surface area contributed by atoms with E-state index >= 15 is 0 Å². The molecule has 2 fully saturated rings. The van der Waals surface area contributed by atoms with Gasteiger partial charge in [-0.25, -0.2) is 0 Å². The minimum absolute atomic E-state index is 0.154. The third-order valence-corrected chi connectivity index (χ3v) is 5.57. The molecule has 7 heteroatoms. The maximum atomic E-state index is 13.3. The Balaban J connectivity index is 1.86. The van der Waals surface area contributed by atoms with E-state index < -0.39 is 30.1 Å². The van der Waals surface area contributed by atoms with E-state index in [1.54, 1.807) is 0 Å². The van der Waals surface area contributed by atoms with Crippen molar-refractivity contribution in [1.29, 1.82) is 0 Å². The molecule has 1 saturated carbocycles. The van der Waals surface area contributed by atoms with Crippen LogP contribution in [0.15, 0.2) is 18.2 Å². The van der Waals surface area contributed by atoms with E-state index in [0.717, 1.165) is 12.5 Å². The van der Waals surface area contributed by atoms with E-state index in [9.17, 15) is 13.2 Å². The van der Waals surface area contributed by atoms with Crippen LogP contribution in [0.4, 0.5) is 13.2 Å². The van der Waals surface area contributed by atoms with Gasteiger partial charge in [0.2, 0.25) is 0 Å².